The molecule has 5 nitrogen and oxygen atoms in total. The molecule has 0 bridgehead atoms. The molecule has 1 aromatic heterocycles. The van der Waals surface area contributed by atoms with Crippen LogP contribution in [0.25, 0.3) is 0 Å². The summed E-state index contributed by atoms with van der Waals surface area (Å²) >= 11 is 3.61. The molecule has 0 aliphatic carbocycles. The highest BCUT2D eigenvalue weighted by atomic mass is 79.9. The van der Waals surface area contributed by atoms with Crippen molar-refractivity contribution >= 4 is 21.9 Å². The normalized spacial score (nSPS) is 20.2. The van der Waals surface area contributed by atoms with E-state index < -0.39 is 5.97 Å². The van der Waals surface area contributed by atoms with E-state index in [2.05, 4.69) is 32.9 Å². The van der Waals surface area contributed by atoms with Crippen LogP contribution in [0.3, 0.4) is 0 Å². The van der Waals surface area contributed by atoms with Gasteiger partial charge in [0.05, 0.1) is 22.3 Å². The van der Waals surface area contributed by atoms with E-state index in [4.69, 9.17) is 5.11 Å². The molecule has 1 fully saturated rings. The first-order valence-electron chi connectivity index (χ1n) is 7.20. The molecule has 0 spiro atoms. The topological polar surface area (TPSA) is 58.4 Å². The van der Waals surface area contributed by atoms with Crippen molar-refractivity contribution in [3.05, 3.63) is 15.9 Å². The molecule has 0 amide bonds. The second kappa shape index (κ2) is 6.72. The molecule has 0 saturated carbocycles. The van der Waals surface area contributed by atoms with Crippen LogP contribution in [0, 0.1) is 6.92 Å². The zero-order chi connectivity index (χ0) is 14.7. The number of nitrogens with zero attached hydrogens (tertiary/aromatic N) is 3. The first kappa shape index (κ1) is 15.5. The molecule has 1 unspecified atom stereocenters. The van der Waals surface area contributed by atoms with Crippen molar-refractivity contribution in [2.24, 2.45) is 0 Å². The fraction of sp³-hybridized carbons (Fsp3) is 0.714. The minimum Gasteiger partial charge on any atom is -0.481 e. The van der Waals surface area contributed by atoms with Crippen molar-refractivity contribution in [2.45, 2.75) is 58.7 Å². The van der Waals surface area contributed by atoms with Crippen LogP contribution in [0.15, 0.2) is 4.47 Å². The lowest BCUT2D eigenvalue weighted by Crippen LogP contribution is -2.40. The lowest BCUT2D eigenvalue weighted by atomic mass is 9.99. The van der Waals surface area contributed by atoms with E-state index in [0.717, 1.165) is 54.8 Å². The molecule has 0 aromatic carbocycles. The Bertz CT molecular complexity index is 487. The van der Waals surface area contributed by atoms with Gasteiger partial charge in [-0.1, -0.05) is 6.42 Å². The lowest BCUT2D eigenvalue weighted by Gasteiger charge is -2.35. The van der Waals surface area contributed by atoms with Crippen LogP contribution in [-0.2, 0) is 17.9 Å². The average Bonchev–Trinajstić information content (AvgIpc) is 2.68. The number of halogens is 1. The van der Waals surface area contributed by atoms with Crippen LogP contribution in [-0.4, -0.2) is 38.3 Å². The van der Waals surface area contributed by atoms with Gasteiger partial charge in [-0.25, -0.2) is 0 Å². The van der Waals surface area contributed by atoms with E-state index in [1.54, 1.807) is 0 Å². The van der Waals surface area contributed by atoms with Gasteiger partial charge in [0.15, 0.2) is 0 Å². The molecule has 2 rings (SSSR count). The Morgan fingerprint density at radius 3 is 2.90 bits per heavy atom. The maximum atomic E-state index is 11.0. The van der Waals surface area contributed by atoms with Gasteiger partial charge >= 0.3 is 5.97 Å². The van der Waals surface area contributed by atoms with Gasteiger partial charge in [-0.05, 0) is 49.2 Å². The number of carboxylic acid groups (broad SMARTS) is 1. The summed E-state index contributed by atoms with van der Waals surface area (Å²) in [6.07, 6.45) is 3.48. The fourth-order valence-electron chi connectivity index (χ4n) is 2.91. The van der Waals surface area contributed by atoms with E-state index in [1.807, 2.05) is 11.6 Å². The molecule has 1 aromatic rings. The standard InChI is InChI=1S/C14H22BrN3O2/c1-3-18-12(14(15)10(2)16-18)9-17-7-5-4-6-11(17)8-13(19)20/h11H,3-9H2,1-2H3,(H,19,20). The van der Waals surface area contributed by atoms with E-state index in [9.17, 15) is 4.79 Å². The van der Waals surface area contributed by atoms with Gasteiger partial charge in [-0.2, -0.15) is 5.10 Å². The monoisotopic (exact) mass is 343 g/mol. The number of carboxylic acids is 1. The third-order valence-corrected chi connectivity index (χ3v) is 5.00. The Labute approximate surface area is 128 Å². The summed E-state index contributed by atoms with van der Waals surface area (Å²) in [7, 11) is 0. The summed E-state index contributed by atoms with van der Waals surface area (Å²) in [5, 5.41) is 13.6. The third-order valence-electron chi connectivity index (χ3n) is 3.97. The molecule has 1 saturated heterocycles. The highest BCUT2D eigenvalue weighted by molar-refractivity contribution is 9.10. The minimum atomic E-state index is -0.707. The summed E-state index contributed by atoms with van der Waals surface area (Å²) < 4.78 is 3.06. The first-order valence-corrected chi connectivity index (χ1v) is 7.99. The SMILES string of the molecule is CCn1nc(C)c(Br)c1CN1CCCCC1CC(=O)O. The van der Waals surface area contributed by atoms with Crippen molar-refractivity contribution in [3.8, 4) is 0 Å². The number of aliphatic carboxylic acids is 1. The van der Waals surface area contributed by atoms with Crippen LogP contribution in [0.5, 0.6) is 0 Å². The van der Waals surface area contributed by atoms with Crippen LogP contribution < -0.4 is 0 Å². The number of aromatic nitrogens is 2. The van der Waals surface area contributed by atoms with Gasteiger partial charge in [0.25, 0.3) is 0 Å². The number of hydrogen-bond acceptors (Lipinski definition) is 3. The second-order valence-corrected chi connectivity index (χ2v) is 6.17. The van der Waals surface area contributed by atoms with Crippen LogP contribution in [0.4, 0.5) is 0 Å². The molecular formula is C14H22BrN3O2. The van der Waals surface area contributed by atoms with Gasteiger partial charge in [-0.3, -0.25) is 14.4 Å². The number of aryl methyl sites for hydroxylation is 2. The summed E-state index contributed by atoms with van der Waals surface area (Å²) in [6.45, 7) is 6.64. The average molecular weight is 344 g/mol. The van der Waals surface area contributed by atoms with E-state index in [0.29, 0.717) is 0 Å². The van der Waals surface area contributed by atoms with Crippen LogP contribution >= 0.6 is 15.9 Å². The molecule has 20 heavy (non-hydrogen) atoms. The minimum absolute atomic E-state index is 0.147. The first-order chi connectivity index (χ1) is 9.52. The Morgan fingerprint density at radius 2 is 2.25 bits per heavy atom. The smallest absolute Gasteiger partial charge is 0.304 e. The molecule has 1 atom stereocenters. The molecule has 6 heteroatoms. The van der Waals surface area contributed by atoms with Crippen LogP contribution in [0.1, 0.15) is 44.0 Å². The summed E-state index contributed by atoms with van der Waals surface area (Å²) in [4.78, 5) is 13.3. The number of likely N-dealkylation sites (tertiary alicyclic amines) is 1. The summed E-state index contributed by atoms with van der Waals surface area (Å²) in [6, 6.07) is 0.147. The maximum absolute atomic E-state index is 11.0. The molecule has 1 aliphatic heterocycles. The van der Waals surface area contributed by atoms with Crippen molar-refractivity contribution in [1.82, 2.24) is 14.7 Å². The predicted molar refractivity (Wildman–Crippen MR) is 80.6 cm³/mol. The summed E-state index contributed by atoms with van der Waals surface area (Å²) in [5.41, 5.74) is 2.15. The van der Waals surface area contributed by atoms with Crippen molar-refractivity contribution in [2.75, 3.05) is 6.54 Å². The van der Waals surface area contributed by atoms with Crippen LogP contribution in [0.2, 0.25) is 0 Å². The highest BCUT2D eigenvalue weighted by Crippen LogP contribution is 2.27. The Balaban J connectivity index is 2.16. The number of rotatable bonds is 5. The van der Waals surface area contributed by atoms with Gasteiger partial charge in [0, 0.05) is 19.1 Å². The van der Waals surface area contributed by atoms with E-state index in [1.165, 1.54) is 0 Å². The second-order valence-electron chi connectivity index (χ2n) is 5.38. The number of carbonyl (C=O) groups is 1. The maximum Gasteiger partial charge on any atom is 0.304 e. The highest BCUT2D eigenvalue weighted by Gasteiger charge is 2.26. The van der Waals surface area contributed by atoms with Gasteiger partial charge in [0.1, 0.15) is 0 Å². The van der Waals surface area contributed by atoms with Gasteiger partial charge in [-0.15, -0.1) is 0 Å². The van der Waals surface area contributed by atoms with Crippen molar-refractivity contribution in [1.29, 1.82) is 0 Å². The Hall–Kier alpha value is -0.880. The molecule has 2 heterocycles. The fourth-order valence-corrected chi connectivity index (χ4v) is 3.32. The zero-order valence-electron chi connectivity index (χ0n) is 12.1. The molecule has 112 valence electrons. The molecular weight excluding hydrogens is 322 g/mol. The van der Waals surface area contributed by atoms with Gasteiger partial charge < -0.3 is 5.11 Å². The lowest BCUT2D eigenvalue weighted by molar-refractivity contribution is -0.138. The molecule has 1 aliphatic rings. The number of hydrogen-bond donors (Lipinski definition) is 1. The summed E-state index contributed by atoms with van der Waals surface area (Å²) in [5.74, 6) is -0.707. The quantitative estimate of drug-likeness (QED) is 0.892. The van der Waals surface area contributed by atoms with E-state index in [-0.39, 0.29) is 12.5 Å². The Kier molecular flexibility index (Phi) is 5.21. The molecule has 0 radical (unpaired) electrons. The predicted octanol–water partition coefficient (Wildman–Crippen LogP) is 2.80. The van der Waals surface area contributed by atoms with Crippen molar-refractivity contribution in [3.63, 3.8) is 0 Å². The van der Waals surface area contributed by atoms with Gasteiger partial charge in [0.2, 0.25) is 0 Å². The molecule has 1 N–H and O–H groups in total. The largest absolute Gasteiger partial charge is 0.481 e. The zero-order valence-corrected chi connectivity index (χ0v) is 13.7. The van der Waals surface area contributed by atoms with E-state index >= 15 is 0 Å². The third kappa shape index (κ3) is 3.41. The number of piperidine rings is 1. The van der Waals surface area contributed by atoms with Crippen molar-refractivity contribution < 1.29 is 9.90 Å². The Morgan fingerprint density at radius 1 is 1.50 bits per heavy atom.